The minimum atomic E-state index is 0.177. The van der Waals surface area contributed by atoms with Gasteiger partial charge in [0.05, 0.1) is 12.8 Å². The second-order valence-electron chi connectivity index (χ2n) is 5.97. The summed E-state index contributed by atoms with van der Waals surface area (Å²) in [6.07, 6.45) is 4.88. The van der Waals surface area contributed by atoms with Crippen LogP contribution >= 0.6 is 0 Å². The number of ether oxygens (including phenoxy) is 1. The number of hydrogen-bond acceptors (Lipinski definition) is 2. The zero-order chi connectivity index (χ0) is 13.4. The van der Waals surface area contributed by atoms with Crippen molar-refractivity contribution in [2.24, 2.45) is 17.8 Å². The first-order valence-electron chi connectivity index (χ1n) is 7.13. The number of carbonyl (C=O) groups is 1. The van der Waals surface area contributed by atoms with Crippen LogP contribution in [0.5, 0.6) is 5.75 Å². The Bertz CT molecular complexity index is 498. The molecule has 102 valence electrons. The van der Waals surface area contributed by atoms with E-state index in [1.807, 2.05) is 25.1 Å². The van der Waals surface area contributed by atoms with E-state index in [-0.39, 0.29) is 11.8 Å². The van der Waals surface area contributed by atoms with Gasteiger partial charge < -0.3 is 10.1 Å². The highest BCUT2D eigenvalue weighted by Gasteiger charge is 2.43. The molecule has 0 heterocycles. The summed E-state index contributed by atoms with van der Waals surface area (Å²) < 4.78 is 5.31. The lowest BCUT2D eigenvalue weighted by Crippen LogP contribution is -2.27. The molecule has 1 aromatic carbocycles. The van der Waals surface area contributed by atoms with Gasteiger partial charge in [0.15, 0.2) is 0 Å². The number of hydrogen-bond donors (Lipinski definition) is 1. The maximum Gasteiger partial charge on any atom is 0.227 e. The molecule has 0 aliphatic heterocycles. The van der Waals surface area contributed by atoms with Gasteiger partial charge in [0.1, 0.15) is 5.75 Å². The number of benzene rings is 1. The third-order valence-corrected chi connectivity index (χ3v) is 4.69. The molecule has 3 heteroatoms. The third kappa shape index (κ3) is 2.34. The van der Waals surface area contributed by atoms with Crippen LogP contribution < -0.4 is 10.1 Å². The summed E-state index contributed by atoms with van der Waals surface area (Å²) in [6.45, 7) is 2.02. The number of amides is 1. The molecule has 3 rings (SSSR count). The van der Waals surface area contributed by atoms with Crippen molar-refractivity contribution in [2.45, 2.75) is 32.6 Å². The maximum absolute atomic E-state index is 12.4. The molecule has 1 amide bonds. The molecule has 2 fully saturated rings. The molecular formula is C16H21NO2. The van der Waals surface area contributed by atoms with E-state index in [0.717, 1.165) is 29.3 Å². The predicted octanol–water partition coefficient (Wildman–Crippen LogP) is 3.38. The van der Waals surface area contributed by atoms with Crippen molar-refractivity contribution in [1.29, 1.82) is 0 Å². The van der Waals surface area contributed by atoms with Crippen LogP contribution in [-0.4, -0.2) is 13.0 Å². The van der Waals surface area contributed by atoms with Gasteiger partial charge in [-0.05, 0) is 55.7 Å². The van der Waals surface area contributed by atoms with Crippen LogP contribution in [0.2, 0.25) is 0 Å². The number of aryl methyl sites for hydroxylation is 1. The largest absolute Gasteiger partial charge is 0.495 e. The first-order valence-corrected chi connectivity index (χ1v) is 7.13. The molecule has 2 aliphatic rings. The lowest BCUT2D eigenvalue weighted by molar-refractivity contribution is -0.121. The molecule has 3 atom stereocenters. The second kappa shape index (κ2) is 4.87. The average molecular weight is 259 g/mol. The van der Waals surface area contributed by atoms with E-state index in [0.29, 0.717) is 5.92 Å². The Balaban J connectivity index is 1.74. The summed E-state index contributed by atoms with van der Waals surface area (Å²) in [4.78, 5) is 12.4. The first kappa shape index (κ1) is 12.5. The Morgan fingerprint density at radius 3 is 2.79 bits per heavy atom. The second-order valence-corrected chi connectivity index (χ2v) is 5.97. The van der Waals surface area contributed by atoms with Crippen molar-refractivity contribution in [1.82, 2.24) is 0 Å². The van der Waals surface area contributed by atoms with Gasteiger partial charge in [-0.15, -0.1) is 0 Å². The topological polar surface area (TPSA) is 38.3 Å². The van der Waals surface area contributed by atoms with Gasteiger partial charge in [-0.1, -0.05) is 12.5 Å². The highest BCUT2D eigenvalue weighted by atomic mass is 16.5. The molecule has 19 heavy (non-hydrogen) atoms. The standard InChI is InChI=1S/C16H21NO2/c1-10-3-6-15(19-2)14(7-10)17-16(18)13-9-11-4-5-12(13)8-11/h3,6-7,11-13H,4-5,8-9H2,1-2H3,(H,17,18). The van der Waals surface area contributed by atoms with Crippen molar-refractivity contribution in [3.8, 4) is 5.75 Å². The number of anilines is 1. The molecular weight excluding hydrogens is 238 g/mol. The molecule has 0 saturated heterocycles. The molecule has 2 bridgehead atoms. The molecule has 0 spiro atoms. The van der Waals surface area contributed by atoms with Gasteiger partial charge >= 0.3 is 0 Å². The van der Waals surface area contributed by atoms with E-state index in [2.05, 4.69) is 5.32 Å². The summed E-state index contributed by atoms with van der Waals surface area (Å²) in [7, 11) is 1.64. The van der Waals surface area contributed by atoms with Crippen molar-refractivity contribution >= 4 is 11.6 Å². The number of methoxy groups -OCH3 is 1. The highest BCUT2D eigenvalue weighted by Crippen LogP contribution is 2.48. The summed E-state index contributed by atoms with van der Waals surface area (Å²) >= 11 is 0. The maximum atomic E-state index is 12.4. The van der Waals surface area contributed by atoms with E-state index >= 15 is 0 Å². The summed E-state index contributed by atoms with van der Waals surface area (Å²) in [5.41, 5.74) is 1.93. The van der Waals surface area contributed by atoms with Gasteiger partial charge in [-0.3, -0.25) is 4.79 Å². The van der Waals surface area contributed by atoms with Crippen LogP contribution in [0.1, 0.15) is 31.2 Å². The summed E-state index contributed by atoms with van der Waals surface area (Å²) in [5.74, 6) is 2.53. The molecule has 1 aromatic rings. The normalized spacial score (nSPS) is 28.4. The van der Waals surface area contributed by atoms with Crippen molar-refractivity contribution < 1.29 is 9.53 Å². The first-order chi connectivity index (χ1) is 9.17. The Morgan fingerprint density at radius 2 is 2.16 bits per heavy atom. The minimum absolute atomic E-state index is 0.177. The SMILES string of the molecule is COc1ccc(C)cc1NC(=O)C1CC2CCC1C2. The van der Waals surface area contributed by atoms with Gasteiger partial charge in [0.2, 0.25) is 5.91 Å². The van der Waals surface area contributed by atoms with Crippen molar-refractivity contribution in [3.05, 3.63) is 23.8 Å². The molecule has 1 N–H and O–H groups in total. The molecule has 2 aliphatic carbocycles. The van der Waals surface area contributed by atoms with Crippen LogP contribution in [0, 0.1) is 24.7 Å². The lowest BCUT2D eigenvalue weighted by atomic mass is 9.88. The van der Waals surface area contributed by atoms with E-state index in [4.69, 9.17) is 4.74 Å². The fourth-order valence-corrected chi connectivity index (χ4v) is 3.71. The molecule has 0 aromatic heterocycles. The Labute approximate surface area is 114 Å². The fraction of sp³-hybridized carbons (Fsp3) is 0.562. The Hall–Kier alpha value is -1.51. The zero-order valence-corrected chi connectivity index (χ0v) is 11.6. The molecule has 0 radical (unpaired) electrons. The quantitative estimate of drug-likeness (QED) is 0.903. The number of rotatable bonds is 3. The van der Waals surface area contributed by atoms with Crippen molar-refractivity contribution in [2.75, 3.05) is 12.4 Å². The van der Waals surface area contributed by atoms with E-state index in [1.54, 1.807) is 7.11 Å². The van der Waals surface area contributed by atoms with Crippen molar-refractivity contribution in [3.63, 3.8) is 0 Å². The summed E-state index contributed by atoms with van der Waals surface area (Å²) in [6, 6.07) is 5.88. The third-order valence-electron chi connectivity index (χ3n) is 4.69. The monoisotopic (exact) mass is 259 g/mol. The number of fused-ring (bicyclic) bond motifs is 2. The Morgan fingerprint density at radius 1 is 1.32 bits per heavy atom. The van der Waals surface area contributed by atoms with E-state index < -0.39 is 0 Å². The van der Waals surface area contributed by atoms with Gasteiger partial charge in [-0.2, -0.15) is 0 Å². The van der Waals surface area contributed by atoms with Gasteiger partial charge in [0.25, 0.3) is 0 Å². The summed E-state index contributed by atoms with van der Waals surface area (Å²) in [5, 5.41) is 3.07. The fourth-order valence-electron chi connectivity index (χ4n) is 3.71. The predicted molar refractivity (Wildman–Crippen MR) is 75.3 cm³/mol. The van der Waals surface area contributed by atoms with Crippen LogP contribution in [0.4, 0.5) is 5.69 Å². The smallest absolute Gasteiger partial charge is 0.227 e. The van der Waals surface area contributed by atoms with E-state index in [9.17, 15) is 4.79 Å². The highest BCUT2D eigenvalue weighted by molar-refractivity contribution is 5.94. The Kier molecular flexibility index (Phi) is 3.21. The number of nitrogens with one attached hydrogen (secondary N) is 1. The van der Waals surface area contributed by atoms with Crippen LogP contribution in [0.3, 0.4) is 0 Å². The van der Waals surface area contributed by atoms with Crippen LogP contribution in [-0.2, 0) is 4.79 Å². The van der Waals surface area contributed by atoms with Crippen LogP contribution in [0.15, 0.2) is 18.2 Å². The zero-order valence-electron chi connectivity index (χ0n) is 11.6. The molecule has 2 saturated carbocycles. The number of carbonyl (C=O) groups excluding carboxylic acids is 1. The van der Waals surface area contributed by atoms with E-state index in [1.165, 1.54) is 19.3 Å². The van der Waals surface area contributed by atoms with Gasteiger partial charge in [-0.25, -0.2) is 0 Å². The average Bonchev–Trinajstić information content (AvgIpc) is 3.01. The lowest BCUT2D eigenvalue weighted by Gasteiger charge is -2.21. The minimum Gasteiger partial charge on any atom is -0.495 e. The van der Waals surface area contributed by atoms with Crippen LogP contribution in [0.25, 0.3) is 0 Å². The molecule has 3 nitrogen and oxygen atoms in total. The van der Waals surface area contributed by atoms with Gasteiger partial charge in [0, 0.05) is 5.92 Å². The molecule has 3 unspecified atom stereocenters.